The maximum absolute atomic E-state index is 6.01. The fourth-order valence-corrected chi connectivity index (χ4v) is 2.18. The summed E-state index contributed by atoms with van der Waals surface area (Å²) in [6, 6.07) is 0.470. The van der Waals surface area contributed by atoms with Crippen molar-refractivity contribution in [1.82, 2.24) is 8.75 Å². The Morgan fingerprint density at radius 3 is 2.60 bits per heavy atom. The van der Waals surface area contributed by atoms with Gasteiger partial charge in [-0.1, -0.05) is 31.9 Å². The van der Waals surface area contributed by atoms with Gasteiger partial charge in [-0.2, -0.15) is 8.75 Å². The van der Waals surface area contributed by atoms with Crippen molar-refractivity contribution in [1.29, 1.82) is 0 Å². The van der Waals surface area contributed by atoms with Gasteiger partial charge in [-0.25, -0.2) is 0 Å². The van der Waals surface area contributed by atoms with Gasteiger partial charge in [0.1, 0.15) is 0 Å². The van der Waals surface area contributed by atoms with Crippen molar-refractivity contribution in [2.45, 2.75) is 46.1 Å². The van der Waals surface area contributed by atoms with E-state index in [4.69, 9.17) is 11.6 Å². The lowest BCUT2D eigenvalue weighted by molar-refractivity contribution is 0.591. The van der Waals surface area contributed by atoms with Crippen molar-refractivity contribution >= 4 is 29.1 Å². The summed E-state index contributed by atoms with van der Waals surface area (Å²) in [4.78, 5) is 2.26. The van der Waals surface area contributed by atoms with E-state index in [2.05, 4.69) is 34.4 Å². The van der Waals surface area contributed by atoms with Gasteiger partial charge in [-0.15, -0.1) is 0 Å². The summed E-state index contributed by atoms with van der Waals surface area (Å²) < 4.78 is 8.28. The topological polar surface area (TPSA) is 29.0 Å². The summed E-state index contributed by atoms with van der Waals surface area (Å²) in [7, 11) is 0. The summed E-state index contributed by atoms with van der Waals surface area (Å²) in [6.07, 6.45) is 3.44. The molecule has 0 amide bonds. The second kappa shape index (κ2) is 6.28. The molecule has 86 valence electrons. The highest BCUT2D eigenvalue weighted by atomic mass is 35.5. The molecule has 1 atom stereocenters. The van der Waals surface area contributed by atoms with Crippen LogP contribution in [0.4, 0.5) is 5.82 Å². The zero-order chi connectivity index (χ0) is 11.3. The third-order valence-corrected chi connectivity index (χ3v) is 3.45. The highest BCUT2D eigenvalue weighted by Crippen LogP contribution is 2.25. The van der Waals surface area contributed by atoms with E-state index < -0.39 is 0 Å². The largest absolute Gasteiger partial charge is 0.350 e. The second-order valence-corrected chi connectivity index (χ2v) is 4.57. The van der Waals surface area contributed by atoms with E-state index >= 15 is 0 Å². The summed E-state index contributed by atoms with van der Waals surface area (Å²) >= 11 is 7.19. The molecule has 3 nitrogen and oxygen atoms in total. The third-order valence-electron chi connectivity index (χ3n) is 2.58. The van der Waals surface area contributed by atoms with Gasteiger partial charge in [-0.05, 0) is 19.8 Å². The van der Waals surface area contributed by atoms with E-state index in [1.54, 1.807) is 0 Å². The van der Waals surface area contributed by atoms with Crippen LogP contribution in [0.15, 0.2) is 0 Å². The predicted molar refractivity (Wildman–Crippen MR) is 66.9 cm³/mol. The van der Waals surface area contributed by atoms with Crippen LogP contribution in [0.1, 0.15) is 40.0 Å². The van der Waals surface area contributed by atoms with E-state index in [9.17, 15) is 0 Å². The Bertz CT molecular complexity index is 290. The number of unbranched alkanes of at least 4 members (excludes halogenated alkanes) is 1. The van der Waals surface area contributed by atoms with E-state index in [-0.39, 0.29) is 0 Å². The molecule has 1 heterocycles. The molecule has 1 rings (SSSR count). The van der Waals surface area contributed by atoms with Gasteiger partial charge in [-0.3, -0.25) is 0 Å². The van der Waals surface area contributed by atoms with Crippen molar-refractivity contribution < 1.29 is 0 Å². The van der Waals surface area contributed by atoms with Crippen molar-refractivity contribution in [3.05, 3.63) is 5.15 Å². The van der Waals surface area contributed by atoms with Gasteiger partial charge in [0.15, 0.2) is 11.0 Å². The fraction of sp³-hybridized carbons (Fsp3) is 0.800. The third kappa shape index (κ3) is 3.31. The molecule has 0 saturated carbocycles. The van der Waals surface area contributed by atoms with Gasteiger partial charge in [0.25, 0.3) is 0 Å². The Kier molecular flexibility index (Phi) is 5.32. The van der Waals surface area contributed by atoms with Crippen LogP contribution < -0.4 is 4.90 Å². The first-order chi connectivity index (χ1) is 7.20. The highest BCUT2D eigenvalue weighted by molar-refractivity contribution is 6.99. The maximum Gasteiger partial charge on any atom is 0.187 e. The smallest absolute Gasteiger partial charge is 0.187 e. The van der Waals surface area contributed by atoms with Crippen LogP contribution in [-0.2, 0) is 0 Å². The maximum atomic E-state index is 6.01. The van der Waals surface area contributed by atoms with Crippen molar-refractivity contribution in [2.75, 3.05) is 11.4 Å². The highest BCUT2D eigenvalue weighted by Gasteiger charge is 2.18. The summed E-state index contributed by atoms with van der Waals surface area (Å²) in [5, 5.41) is 0.538. The summed E-state index contributed by atoms with van der Waals surface area (Å²) in [6.45, 7) is 7.58. The average Bonchev–Trinajstić information content (AvgIpc) is 2.65. The van der Waals surface area contributed by atoms with Crippen LogP contribution in [-0.4, -0.2) is 21.3 Å². The van der Waals surface area contributed by atoms with Gasteiger partial charge < -0.3 is 4.90 Å². The summed E-state index contributed by atoms with van der Waals surface area (Å²) in [5.41, 5.74) is 0. The number of anilines is 1. The molecule has 0 aliphatic rings. The molecule has 5 heteroatoms. The van der Waals surface area contributed by atoms with Crippen LogP contribution >= 0.6 is 23.3 Å². The Morgan fingerprint density at radius 1 is 1.40 bits per heavy atom. The Labute approximate surface area is 101 Å². The van der Waals surface area contributed by atoms with Gasteiger partial charge >= 0.3 is 0 Å². The molecule has 0 aliphatic carbocycles. The van der Waals surface area contributed by atoms with E-state index in [0.29, 0.717) is 11.2 Å². The molecule has 0 fully saturated rings. The lowest BCUT2D eigenvalue weighted by Crippen LogP contribution is -2.33. The number of halogens is 1. The molecule has 0 saturated heterocycles. The van der Waals surface area contributed by atoms with Crippen molar-refractivity contribution in [3.8, 4) is 0 Å². The van der Waals surface area contributed by atoms with Gasteiger partial charge in [0.05, 0.1) is 11.7 Å². The Balaban J connectivity index is 2.76. The van der Waals surface area contributed by atoms with Crippen LogP contribution in [0.25, 0.3) is 0 Å². The molecule has 0 N–H and O–H groups in total. The van der Waals surface area contributed by atoms with Gasteiger partial charge in [0, 0.05) is 12.6 Å². The molecule has 0 aliphatic heterocycles. The van der Waals surface area contributed by atoms with Gasteiger partial charge in [0.2, 0.25) is 0 Å². The predicted octanol–water partition coefficient (Wildman–Crippen LogP) is 3.60. The average molecular weight is 248 g/mol. The molecule has 0 aromatic carbocycles. The summed E-state index contributed by atoms with van der Waals surface area (Å²) in [5.74, 6) is 0.851. The minimum atomic E-state index is 0.470. The number of hydrogen-bond donors (Lipinski definition) is 0. The van der Waals surface area contributed by atoms with E-state index in [1.807, 2.05) is 0 Å². The SMILES string of the molecule is CCCCN(c1nsnc1Cl)C(C)CC. The van der Waals surface area contributed by atoms with Crippen LogP contribution in [0.2, 0.25) is 5.15 Å². The molecule has 15 heavy (non-hydrogen) atoms. The van der Waals surface area contributed by atoms with Crippen molar-refractivity contribution in [3.63, 3.8) is 0 Å². The van der Waals surface area contributed by atoms with E-state index in [1.165, 1.54) is 18.1 Å². The quantitative estimate of drug-likeness (QED) is 0.769. The van der Waals surface area contributed by atoms with E-state index in [0.717, 1.165) is 25.2 Å². The molecule has 1 aromatic rings. The van der Waals surface area contributed by atoms with Crippen LogP contribution in [0.5, 0.6) is 0 Å². The minimum Gasteiger partial charge on any atom is -0.350 e. The fourth-order valence-electron chi connectivity index (χ4n) is 1.43. The lowest BCUT2D eigenvalue weighted by atomic mass is 10.2. The van der Waals surface area contributed by atoms with Crippen LogP contribution in [0, 0.1) is 0 Å². The number of hydrogen-bond acceptors (Lipinski definition) is 4. The monoisotopic (exact) mass is 247 g/mol. The Morgan fingerprint density at radius 2 is 2.13 bits per heavy atom. The van der Waals surface area contributed by atoms with Crippen molar-refractivity contribution in [2.24, 2.45) is 0 Å². The standard InChI is InChI=1S/C10H18ClN3S/c1-4-6-7-14(8(3)5-2)10-9(11)12-15-13-10/h8H,4-7H2,1-3H3. The van der Waals surface area contributed by atoms with Crippen LogP contribution in [0.3, 0.4) is 0 Å². The normalized spacial score (nSPS) is 12.8. The molecule has 0 bridgehead atoms. The number of aromatic nitrogens is 2. The molecular formula is C10H18ClN3S. The lowest BCUT2D eigenvalue weighted by Gasteiger charge is -2.28. The second-order valence-electron chi connectivity index (χ2n) is 3.68. The number of nitrogens with zero attached hydrogens (tertiary/aromatic N) is 3. The first-order valence-corrected chi connectivity index (χ1v) is 6.56. The molecule has 1 unspecified atom stereocenters. The first-order valence-electron chi connectivity index (χ1n) is 5.45. The first kappa shape index (κ1) is 12.7. The minimum absolute atomic E-state index is 0.470. The molecule has 0 spiro atoms. The zero-order valence-corrected chi connectivity index (χ0v) is 11.1. The number of rotatable bonds is 6. The molecular weight excluding hydrogens is 230 g/mol. The Hall–Kier alpha value is -0.350. The molecule has 0 radical (unpaired) electrons. The molecule has 1 aromatic heterocycles. The zero-order valence-electron chi connectivity index (χ0n) is 9.53.